The number of nitrogens with one attached hydrogen (secondary N) is 3. The van der Waals surface area contributed by atoms with Crippen LogP contribution in [0.4, 0.5) is 0 Å². The Bertz CT molecular complexity index is 999. The van der Waals surface area contributed by atoms with Gasteiger partial charge in [0, 0.05) is 6.54 Å². The predicted octanol–water partition coefficient (Wildman–Crippen LogP) is -3.00. The van der Waals surface area contributed by atoms with E-state index in [0.717, 1.165) is 5.56 Å². The van der Waals surface area contributed by atoms with Crippen LogP contribution in [0.2, 0.25) is 0 Å². The number of rotatable bonds is 16. The van der Waals surface area contributed by atoms with Gasteiger partial charge in [0.05, 0.1) is 18.6 Å². The van der Waals surface area contributed by atoms with Crippen LogP contribution in [0.1, 0.15) is 31.7 Å². The van der Waals surface area contributed by atoms with E-state index in [1.807, 2.05) is 0 Å². The number of guanidine groups is 1. The summed E-state index contributed by atoms with van der Waals surface area (Å²) in [6.45, 7) is 1.28. The lowest BCUT2D eigenvalue weighted by molar-refractivity contribution is -0.144. The van der Waals surface area contributed by atoms with Gasteiger partial charge in [-0.1, -0.05) is 30.3 Å². The molecule has 0 fully saturated rings. The topological polar surface area (TPSA) is 273 Å². The molecule has 0 heterocycles. The van der Waals surface area contributed by atoms with Gasteiger partial charge in [-0.15, -0.1) is 0 Å². The van der Waals surface area contributed by atoms with Crippen LogP contribution in [0.5, 0.6) is 0 Å². The number of carboxylic acids is 2. The van der Waals surface area contributed by atoms with Crippen molar-refractivity contribution < 1.29 is 39.3 Å². The van der Waals surface area contributed by atoms with Crippen molar-refractivity contribution in [3.63, 3.8) is 0 Å². The van der Waals surface area contributed by atoms with Gasteiger partial charge in [0.1, 0.15) is 18.1 Å². The summed E-state index contributed by atoms with van der Waals surface area (Å²) >= 11 is 0. The SMILES string of the molecule is CC(O)C(NC(=O)C(CC(=O)O)NC(=O)C(N)Cc1ccccc1)C(=O)NC(CCCN=C(N)N)C(=O)O. The van der Waals surface area contributed by atoms with Crippen LogP contribution < -0.4 is 33.2 Å². The number of carbonyl (C=O) groups is 5. The van der Waals surface area contributed by atoms with Gasteiger partial charge in [0.25, 0.3) is 0 Å². The Balaban J connectivity index is 2.89. The number of hydrogen-bond donors (Lipinski definition) is 9. The zero-order valence-corrected chi connectivity index (χ0v) is 20.9. The molecule has 1 rings (SSSR count). The highest BCUT2D eigenvalue weighted by molar-refractivity contribution is 5.95. The molecule has 0 saturated carbocycles. The molecule has 0 spiro atoms. The monoisotopic (exact) mass is 537 g/mol. The lowest BCUT2D eigenvalue weighted by Crippen LogP contribution is -2.60. The third kappa shape index (κ3) is 11.7. The van der Waals surface area contributed by atoms with Gasteiger partial charge in [-0.2, -0.15) is 0 Å². The fourth-order valence-electron chi connectivity index (χ4n) is 3.30. The maximum Gasteiger partial charge on any atom is 0.326 e. The van der Waals surface area contributed by atoms with Crippen LogP contribution in [0.25, 0.3) is 0 Å². The second kappa shape index (κ2) is 15.8. The molecule has 5 unspecified atom stereocenters. The molecule has 12 N–H and O–H groups in total. The summed E-state index contributed by atoms with van der Waals surface area (Å²) in [5.41, 5.74) is 17.1. The summed E-state index contributed by atoms with van der Waals surface area (Å²) in [6, 6.07) is 2.98. The molecule has 15 nitrogen and oxygen atoms in total. The summed E-state index contributed by atoms with van der Waals surface area (Å²) < 4.78 is 0. The molecule has 1 aromatic rings. The Morgan fingerprint density at radius 1 is 0.921 bits per heavy atom. The first kappa shape index (κ1) is 31.8. The maximum atomic E-state index is 12.8. The zero-order chi connectivity index (χ0) is 28.8. The van der Waals surface area contributed by atoms with Crippen LogP contribution in [-0.4, -0.2) is 87.8 Å². The third-order valence-corrected chi connectivity index (χ3v) is 5.27. The van der Waals surface area contributed by atoms with E-state index in [1.165, 1.54) is 6.92 Å². The predicted molar refractivity (Wildman–Crippen MR) is 135 cm³/mol. The molecule has 3 amide bonds. The van der Waals surface area contributed by atoms with E-state index in [2.05, 4.69) is 20.9 Å². The van der Waals surface area contributed by atoms with Gasteiger partial charge in [0.15, 0.2) is 5.96 Å². The molecule has 0 aliphatic heterocycles. The standard InChI is InChI=1S/C23H35N7O8/c1-12(31)18(21(36)28-15(22(37)38)8-5-9-27-23(25)26)30-20(35)16(11-17(32)33)29-19(34)14(24)10-13-6-3-2-4-7-13/h2-4,6-7,12,14-16,18,31H,5,8-11,24H2,1H3,(H,28,36)(H,29,34)(H,30,35)(H,32,33)(H,37,38)(H4,25,26,27). The Labute approximate surface area is 218 Å². The fourth-order valence-corrected chi connectivity index (χ4v) is 3.30. The number of aliphatic imine (C=N–C) groups is 1. The number of benzene rings is 1. The highest BCUT2D eigenvalue weighted by Gasteiger charge is 2.33. The molecule has 5 atom stereocenters. The fraction of sp³-hybridized carbons (Fsp3) is 0.478. The van der Waals surface area contributed by atoms with Gasteiger partial charge in [-0.25, -0.2) is 4.79 Å². The summed E-state index contributed by atoms with van der Waals surface area (Å²) in [5, 5.41) is 35.3. The Morgan fingerprint density at radius 2 is 1.53 bits per heavy atom. The second-order valence-electron chi connectivity index (χ2n) is 8.53. The average Bonchev–Trinajstić information content (AvgIpc) is 2.83. The highest BCUT2D eigenvalue weighted by atomic mass is 16.4. The summed E-state index contributed by atoms with van der Waals surface area (Å²) in [5.74, 6) is -5.91. The lowest BCUT2D eigenvalue weighted by atomic mass is 10.0. The molecule has 0 bridgehead atoms. The second-order valence-corrected chi connectivity index (χ2v) is 8.53. The molecule has 38 heavy (non-hydrogen) atoms. The average molecular weight is 538 g/mol. The Kier molecular flexibility index (Phi) is 13.2. The van der Waals surface area contributed by atoms with Crippen molar-refractivity contribution in [3.8, 4) is 0 Å². The molecule has 0 aliphatic carbocycles. The van der Waals surface area contributed by atoms with Crippen LogP contribution in [0.3, 0.4) is 0 Å². The number of amides is 3. The van der Waals surface area contributed by atoms with Gasteiger partial charge >= 0.3 is 11.9 Å². The van der Waals surface area contributed by atoms with Crippen LogP contribution in [0.15, 0.2) is 35.3 Å². The van der Waals surface area contributed by atoms with E-state index < -0.39 is 66.4 Å². The minimum absolute atomic E-state index is 0.0602. The number of aliphatic hydroxyl groups is 1. The molecule has 0 aliphatic rings. The van der Waals surface area contributed by atoms with Crippen LogP contribution in [0, 0.1) is 0 Å². The number of carbonyl (C=O) groups excluding carboxylic acids is 3. The Morgan fingerprint density at radius 3 is 2.05 bits per heavy atom. The van der Waals surface area contributed by atoms with E-state index >= 15 is 0 Å². The molecule has 0 saturated heterocycles. The molecular formula is C23H35N7O8. The minimum atomic E-state index is -1.66. The maximum absolute atomic E-state index is 12.8. The lowest BCUT2D eigenvalue weighted by Gasteiger charge is -2.26. The smallest absolute Gasteiger partial charge is 0.326 e. The first-order valence-electron chi connectivity index (χ1n) is 11.7. The zero-order valence-electron chi connectivity index (χ0n) is 20.9. The van der Waals surface area contributed by atoms with E-state index in [1.54, 1.807) is 30.3 Å². The van der Waals surface area contributed by atoms with E-state index in [9.17, 15) is 39.3 Å². The van der Waals surface area contributed by atoms with Gasteiger partial charge in [0.2, 0.25) is 17.7 Å². The molecular weight excluding hydrogens is 502 g/mol. The molecule has 15 heteroatoms. The number of aliphatic hydroxyl groups excluding tert-OH is 1. The van der Waals surface area contributed by atoms with E-state index in [4.69, 9.17) is 17.2 Å². The normalized spacial score (nSPS) is 14.6. The molecule has 0 aromatic heterocycles. The van der Waals surface area contributed by atoms with Crippen molar-refractivity contribution in [3.05, 3.63) is 35.9 Å². The highest BCUT2D eigenvalue weighted by Crippen LogP contribution is 2.05. The van der Waals surface area contributed by atoms with Gasteiger partial charge < -0.3 is 48.5 Å². The number of nitrogens with zero attached hydrogens (tertiary/aromatic N) is 1. The first-order valence-corrected chi connectivity index (χ1v) is 11.7. The number of nitrogens with two attached hydrogens (primary N) is 3. The number of hydrogen-bond acceptors (Lipinski definition) is 8. The quantitative estimate of drug-likeness (QED) is 0.0582. The summed E-state index contributed by atoms with van der Waals surface area (Å²) in [4.78, 5) is 64.7. The third-order valence-electron chi connectivity index (χ3n) is 5.27. The van der Waals surface area contributed by atoms with Crippen molar-refractivity contribution in [1.82, 2.24) is 16.0 Å². The van der Waals surface area contributed by atoms with Crippen molar-refractivity contribution in [2.75, 3.05) is 6.54 Å². The number of carboxylic acid groups (broad SMARTS) is 2. The van der Waals surface area contributed by atoms with Crippen molar-refractivity contribution >= 4 is 35.6 Å². The number of aliphatic carboxylic acids is 2. The minimum Gasteiger partial charge on any atom is -0.481 e. The van der Waals surface area contributed by atoms with Crippen molar-refractivity contribution in [1.29, 1.82) is 0 Å². The van der Waals surface area contributed by atoms with Crippen molar-refractivity contribution in [2.24, 2.45) is 22.2 Å². The summed E-state index contributed by atoms with van der Waals surface area (Å²) in [7, 11) is 0. The molecule has 210 valence electrons. The summed E-state index contributed by atoms with van der Waals surface area (Å²) in [6.07, 6.45) is -2.08. The van der Waals surface area contributed by atoms with Crippen LogP contribution in [-0.2, 0) is 30.4 Å². The van der Waals surface area contributed by atoms with E-state index in [0.29, 0.717) is 0 Å². The van der Waals surface area contributed by atoms with Gasteiger partial charge in [-0.05, 0) is 31.7 Å². The molecule has 1 aromatic carbocycles. The van der Waals surface area contributed by atoms with Crippen molar-refractivity contribution in [2.45, 2.75) is 62.9 Å². The first-order chi connectivity index (χ1) is 17.8. The Hall–Kier alpha value is -4.24. The van der Waals surface area contributed by atoms with Crippen LogP contribution >= 0.6 is 0 Å². The largest absolute Gasteiger partial charge is 0.481 e. The van der Waals surface area contributed by atoms with E-state index in [-0.39, 0.29) is 31.8 Å². The van der Waals surface area contributed by atoms with Gasteiger partial charge in [-0.3, -0.25) is 24.2 Å². The molecule has 0 radical (unpaired) electrons.